The molecule has 0 atom stereocenters. The number of nitrogens with zero attached hydrogens (tertiary/aromatic N) is 1. The van der Waals surface area contributed by atoms with Crippen LogP contribution in [0.1, 0.15) is 47.7 Å². The van der Waals surface area contributed by atoms with Gasteiger partial charge in [0.05, 0.1) is 0 Å². The fraction of sp³-hybridized carbons (Fsp3) is 0.389. The van der Waals surface area contributed by atoms with Crippen LogP contribution < -0.4 is 4.74 Å². The third-order valence-corrected chi connectivity index (χ3v) is 3.91. The van der Waals surface area contributed by atoms with Crippen molar-refractivity contribution in [1.82, 2.24) is 4.98 Å². The summed E-state index contributed by atoms with van der Waals surface area (Å²) in [4.78, 5) is 4.60. The van der Waals surface area contributed by atoms with Crippen molar-refractivity contribution < 1.29 is 4.74 Å². The van der Waals surface area contributed by atoms with E-state index in [-0.39, 0.29) is 0 Å². The quantitative estimate of drug-likeness (QED) is 0.680. The van der Waals surface area contributed by atoms with Crippen molar-refractivity contribution in [3.63, 3.8) is 0 Å². The van der Waals surface area contributed by atoms with Crippen LogP contribution in [0.3, 0.4) is 0 Å². The van der Waals surface area contributed by atoms with Crippen LogP contribution in [0.25, 0.3) is 0 Å². The van der Waals surface area contributed by atoms with E-state index in [0.717, 1.165) is 22.6 Å². The SMILES string of the molecule is Cc1cc(C)c(C)c(Oc2cc(CCl)cc(C(C)C)n2)c1. The predicted molar refractivity (Wildman–Crippen MR) is 88.6 cm³/mol. The Labute approximate surface area is 132 Å². The van der Waals surface area contributed by atoms with Crippen molar-refractivity contribution in [2.24, 2.45) is 0 Å². The second kappa shape index (κ2) is 6.48. The highest BCUT2D eigenvalue weighted by molar-refractivity contribution is 6.17. The Balaban J connectivity index is 2.41. The summed E-state index contributed by atoms with van der Waals surface area (Å²) in [6.45, 7) is 10.5. The van der Waals surface area contributed by atoms with E-state index in [2.05, 4.69) is 45.7 Å². The maximum Gasteiger partial charge on any atom is 0.219 e. The van der Waals surface area contributed by atoms with Crippen LogP contribution in [-0.2, 0) is 5.88 Å². The molecule has 1 aromatic carbocycles. The maximum atomic E-state index is 6.03. The molecule has 0 spiro atoms. The zero-order valence-electron chi connectivity index (χ0n) is 13.3. The molecule has 0 aliphatic heterocycles. The Bertz CT molecular complexity index is 650. The third kappa shape index (κ3) is 3.76. The first-order valence-corrected chi connectivity index (χ1v) is 7.76. The van der Waals surface area contributed by atoms with Crippen LogP contribution in [0.4, 0.5) is 0 Å². The third-order valence-electron chi connectivity index (χ3n) is 3.61. The van der Waals surface area contributed by atoms with Crippen molar-refractivity contribution in [2.45, 2.75) is 46.4 Å². The Hall–Kier alpha value is -1.54. The average molecular weight is 304 g/mol. The summed E-state index contributed by atoms with van der Waals surface area (Å²) < 4.78 is 6.03. The minimum absolute atomic E-state index is 0.343. The highest BCUT2D eigenvalue weighted by Gasteiger charge is 2.10. The highest BCUT2D eigenvalue weighted by Crippen LogP contribution is 2.29. The van der Waals surface area contributed by atoms with Gasteiger partial charge in [0.2, 0.25) is 5.88 Å². The first-order valence-electron chi connectivity index (χ1n) is 7.23. The average Bonchev–Trinajstić information content (AvgIpc) is 2.43. The van der Waals surface area contributed by atoms with Crippen LogP contribution >= 0.6 is 11.6 Å². The summed E-state index contributed by atoms with van der Waals surface area (Å²) in [5, 5.41) is 0. The number of pyridine rings is 1. The minimum Gasteiger partial charge on any atom is -0.439 e. The Kier molecular flexibility index (Phi) is 4.89. The Morgan fingerprint density at radius 2 is 1.81 bits per heavy atom. The molecule has 0 unspecified atom stereocenters. The smallest absolute Gasteiger partial charge is 0.219 e. The van der Waals surface area contributed by atoms with Crippen LogP contribution in [0.5, 0.6) is 11.6 Å². The van der Waals surface area contributed by atoms with Gasteiger partial charge in [-0.1, -0.05) is 19.9 Å². The fourth-order valence-electron chi connectivity index (χ4n) is 2.23. The minimum atomic E-state index is 0.343. The molecule has 3 heteroatoms. The lowest BCUT2D eigenvalue weighted by Gasteiger charge is -2.14. The van der Waals surface area contributed by atoms with E-state index < -0.39 is 0 Å². The van der Waals surface area contributed by atoms with Crippen molar-refractivity contribution in [1.29, 1.82) is 0 Å². The molecule has 2 nitrogen and oxygen atoms in total. The number of rotatable bonds is 4. The first-order chi connectivity index (χ1) is 9.90. The van der Waals surface area contributed by atoms with E-state index in [4.69, 9.17) is 16.3 Å². The zero-order chi connectivity index (χ0) is 15.6. The molecule has 0 aliphatic carbocycles. The van der Waals surface area contributed by atoms with Crippen LogP contribution in [-0.4, -0.2) is 4.98 Å². The molecule has 1 aromatic heterocycles. The van der Waals surface area contributed by atoms with E-state index in [9.17, 15) is 0 Å². The van der Waals surface area contributed by atoms with Gasteiger partial charge in [0, 0.05) is 17.6 Å². The summed E-state index contributed by atoms with van der Waals surface area (Å²) in [5.41, 5.74) is 5.59. The molecule has 0 saturated heterocycles. The van der Waals surface area contributed by atoms with Gasteiger partial charge >= 0.3 is 0 Å². The van der Waals surface area contributed by atoms with Gasteiger partial charge in [-0.2, -0.15) is 0 Å². The molecule has 0 bridgehead atoms. The standard InChI is InChI=1S/C18H22ClNO/c1-11(2)16-8-15(10-19)9-18(20-16)21-17-7-12(3)6-13(4)14(17)5/h6-9,11H,10H2,1-5H3. The van der Waals surface area contributed by atoms with Crippen LogP contribution in [0, 0.1) is 20.8 Å². The zero-order valence-corrected chi connectivity index (χ0v) is 14.1. The van der Waals surface area contributed by atoms with Crippen LogP contribution in [0.15, 0.2) is 24.3 Å². The Morgan fingerprint density at radius 3 is 2.43 bits per heavy atom. The highest BCUT2D eigenvalue weighted by atomic mass is 35.5. The molecule has 0 N–H and O–H groups in total. The number of hydrogen-bond acceptors (Lipinski definition) is 2. The van der Waals surface area contributed by atoms with E-state index in [1.807, 2.05) is 18.2 Å². The van der Waals surface area contributed by atoms with Crippen molar-refractivity contribution in [3.05, 3.63) is 52.2 Å². The lowest BCUT2D eigenvalue weighted by atomic mass is 10.1. The predicted octanol–water partition coefficient (Wildman–Crippen LogP) is 5.66. The van der Waals surface area contributed by atoms with E-state index in [0.29, 0.717) is 17.7 Å². The molecule has 0 radical (unpaired) electrons. The number of halogens is 1. The largest absolute Gasteiger partial charge is 0.439 e. The van der Waals surface area contributed by atoms with Gasteiger partial charge < -0.3 is 4.74 Å². The molecule has 21 heavy (non-hydrogen) atoms. The van der Waals surface area contributed by atoms with Crippen molar-refractivity contribution in [2.75, 3.05) is 0 Å². The van der Waals surface area contributed by atoms with Gasteiger partial charge in [-0.25, -0.2) is 4.98 Å². The lowest BCUT2D eigenvalue weighted by Crippen LogP contribution is -1.99. The molecule has 0 aliphatic rings. The molecule has 2 aromatic rings. The maximum absolute atomic E-state index is 6.03. The summed E-state index contributed by atoms with van der Waals surface area (Å²) in [6, 6.07) is 8.16. The molecular weight excluding hydrogens is 282 g/mol. The number of alkyl halides is 1. The summed E-state index contributed by atoms with van der Waals surface area (Å²) in [7, 11) is 0. The number of aryl methyl sites for hydroxylation is 2. The number of aromatic nitrogens is 1. The first kappa shape index (κ1) is 15.8. The molecule has 0 amide bonds. The fourth-order valence-corrected chi connectivity index (χ4v) is 2.38. The molecule has 112 valence electrons. The molecule has 2 rings (SSSR count). The number of ether oxygens (including phenoxy) is 1. The monoisotopic (exact) mass is 303 g/mol. The molecule has 1 heterocycles. The van der Waals surface area contributed by atoms with Gasteiger partial charge in [0.15, 0.2) is 0 Å². The molecule has 0 fully saturated rings. The van der Waals surface area contributed by atoms with E-state index >= 15 is 0 Å². The van der Waals surface area contributed by atoms with Crippen LogP contribution in [0.2, 0.25) is 0 Å². The van der Waals surface area contributed by atoms with Crippen molar-refractivity contribution in [3.8, 4) is 11.6 Å². The Morgan fingerprint density at radius 1 is 1.10 bits per heavy atom. The van der Waals surface area contributed by atoms with Crippen molar-refractivity contribution >= 4 is 11.6 Å². The summed E-state index contributed by atoms with van der Waals surface area (Å²) in [6.07, 6.45) is 0. The number of benzene rings is 1. The summed E-state index contributed by atoms with van der Waals surface area (Å²) >= 11 is 5.98. The van der Waals surface area contributed by atoms with Gasteiger partial charge in [0.25, 0.3) is 0 Å². The van der Waals surface area contributed by atoms with Gasteiger partial charge in [-0.3, -0.25) is 0 Å². The lowest BCUT2D eigenvalue weighted by molar-refractivity contribution is 0.454. The van der Waals surface area contributed by atoms with Gasteiger partial charge in [-0.05, 0) is 61.1 Å². The van der Waals surface area contributed by atoms with E-state index in [1.165, 1.54) is 11.1 Å². The second-order valence-corrected chi connectivity index (χ2v) is 6.10. The van der Waals surface area contributed by atoms with E-state index in [1.54, 1.807) is 0 Å². The normalized spacial score (nSPS) is 11.0. The number of hydrogen-bond donors (Lipinski definition) is 0. The molecule has 0 saturated carbocycles. The second-order valence-electron chi connectivity index (χ2n) is 5.83. The summed E-state index contributed by atoms with van der Waals surface area (Å²) in [5.74, 6) is 2.28. The topological polar surface area (TPSA) is 22.1 Å². The van der Waals surface area contributed by atoms with Gasteiger partial charge in [0.1, 0.15) is 5.75 Å². The molecular formula is C18H22ClNO. The van der Waals surface area contributed by atoms with Gasteiger partial charge in [-0.15, -0.1) is 11.6 Å².